The third-order valence-electron chi connectivity index (χ3n) is 1.95. The second kappa shape index (κ2) is 10.5. The number of likely N-dealkylation sites (N-methyl/N-ethyl adjacent to an activating group) is 1. The van der Waals surface area contributed by atoms with Gasteiger partial charge in [0.05, 0.1) is 0 Å². The van der Waals surface area contributed by atoms with Crippen LogP contribution in [0, 0.1) is 0 Å². The topological polar surface area (TPSA) is 23.6 Å². The maximum absolute atomic E-state index is 10.8. The summed E-state index contributed by atoms with van der Waals surface area (Å²) >= 11 is 0. The summed E-state index contributed by atoms with van der Waals surface area (Å²) in [5, 5.41) is 0. The molecule has 1 rings (SSSR count). The molecule has 1 aliphatic rings. The van der Waals surface area contributed by atoms with Crippen molar-refractivity contribution >= 4 is 5.91 Å². The Labute approximate surface area is 89.1 Å². The first kappa shape index (κ1) is 15.9. The standard InChI is InChI=1S/C7H14N2O.2C2H6/c1-7(10)9-5-3-8(2)4-6-9;2*1-2/h3-6H2,1-2H3;2*1-2H3. The fourth-order valence-electron chi connectivity index (χ4n) is 1.12. The SMILES string of the molecule is CC.CC.CC(=O)N1CCN(C)CC1. The maximum atomic E-state index is 10.8. The molecule has 86 valence electrons. The second-order valence-electron chi connectivity index (χ2n) is 2.81. The lowest BCUT2D eigenvalue weighted by Crippen LogP contribution is -2.46. The molecule has 14 heavy (non-hydrogen) atoms. The van der Waals surface area contributed by atoms with E-state index in [2.05, 4.69) is 11.9 Å². The van der Waals surface area contributed by atoms with E-state index in [9.17, 15) is 4.79 Å². The lowest BCUT2D eigenvalue weighted by molar-refractivity contribution is -0.130. The Hall–Kier alpha value is -0.570. The van der Waals surface area contributed by atoms with Crippen LogP contribution in [0.1, 0.15) is 34.6 Å². The predicted molar refractivity (Wildman–Crippen MR) is 62.4 cm³/mol. The van der Waals surface area contributed by atoms with Crippen molar-refractivity contribution in [3.8, 4) is 0 Å². The molecule has 0 saturated carbocycles. The van der Waals surface area contributed by atoms with Gasteiger partial charge in [0.1, 0.15) is 0 Å². The number of piperazine rings is 1. The Bertz CT molecular complexity index is 129. The maximum Gasteiger partial charge on any atom is 0.219 e. The quantitative estimate of drug-likeness (QED) is 0.598. The molecule has 1 saturated heterocycles. The van der Waals surface area contributed by atoms with Gasteiger partial charge in [0.25, 0.3) is 0 Å². The van der Waals surface area contributed by atoms with Gasteiger partial charge in [-0.1, -0.05) is 27.7 Å². The van der Waals surface area contributed by atoms with E-state index >= 15 is 0 Å². The average Bonchev–Trinajstić information content (AvgIpc) is 2.24. The summed E-state index contributed by atoms with van der Waals surface area (Å²) in [6, 6.07) is 0. The van der Waals surface area contributed by atoms with Crippen LogP contribution in [0.5, 0.6) is 0 Å². The molecule has 0 N–H and O–H groups in total. The number of carbonyl (C=O) groups is 1. The number of hydrogen-bond donors (Lipinski definition) is 0. The number of amides is 1. The molecule has 1 aliphatic heterocycles. The normalized spacial score (nSPS) is 16.0. The molecule has 0 aromatic carbocycles. The summed E-state index contributed by atoms with van der Waals surface area (Å²) in [5.41, 5.74) is 0. The molecule has 3 heteroatoms. The Kier molecular flexibility index (Phi) is 11.9. The van der Waals surface area contributed by atoms with Gasteiger partial charge in [-0.3, -0.25) is 4.79 Å². The van der Waals surface area contributed by atoms with E-state index in [0.29, 0.717) is 0 Å². The Balaban J connectivity index is 0. The molecule has 0 bridgehead atoms. The van der Waals surface area contributed by atoms with Crippen LogP contribution in [-0.2, 0) is 4.79 Å². The summed E-state index contributed by atoms with van der Waals surface area (Å²) in [5.74, 6) is 0.202. The number of carbonyl (C=O) groups excluding carboxylic acids is 1. The number of hydrogen-bond acceptors (Lipinski definition) is 2. The van der Waals surface area contributed by atoms with Gasteiger partial charge in [-0.05, 0) is 7.05 Å². The lowest BCUT2D eigenvalue weighted by atomic mass is 10.3. The van der Waals surface area contributed by atoms with Crippen molar-refractivity contribution in [2.75, 3.05) is 33.2 Å². The molecule has 0 atom stereocenters. The largest absolute Gasteiger partial charge is 0.340 e. The van der Waals surface area contributed by atoms with E-state index in [1.165, 1.54) is 0 Å². The second-order valence-corrected chi connectivity index (χ2v) is 2.81. The van der Waals surface area contributed by atoms with Gasteiger partial charge < -0.3 is 9.80 Å². The molecule has 0 unspecified atom stereocenters. The van der Waals surface area contributed by atoms with Crippen LogP contribution in [0.25, 0.3) is 0 Å². The minimum Gasteiger partial charge on any atom is -0.340 e. The monoisotopic (exact) mass is 202 g/mol. The lowest BCUT2D eigenvalue weighted by Gasteiger charge is -2.31. The van der Waals surface area contributed by atoms with E-state index in [1.807, 2.05) is 32.6 Å². The fraction of sp³-hybridized carbons (Fsp3) is 0.909. The Morgan fingerprint density at radius 2 is 1.29 bits per heavy atom. The van der Waals surface area contributed by atoms with Crippen molar-refractivity contribution in [1.82, 2.24) is 9.80 Å². The van der Waals surface area contributed by atoms with Crippen molar-refractivity contribution in [2.45, 2.75) is 34.6 Å². The highest BCUT2D eigenvalue weighted by molar-refractivity contribution is 5.73. The van der Waals surface area contributed by atoms with E-state index < -0.39 is 0 Å². The van der Waals surface area contributed by atoms with Crippen molar-refractivity contribution in [2.24, 2.45) is 0 Å². The third kappa shape index (κ3) is 6.89. The van der Waals surface area contributed by atoms with Crippen LogP contribution in [0.2, 0.25) is 0 Å². The Morgan fingerprint density at radius 3 is 1.57 bits per heavy atom. The zero-order chi connectivity index (χ0) is 11.6. The number of nitrogens with zero attached hydrogens (tertiary/aromatic N) is 2. The smallest absolute Gasteiger partial charge is 0.219 e. The Morgan fingerprint density at radius 1 is 0.929 bits per heavy atom. The molecule has 0 aromatic rings. The number of rotatable bonds is 0. The first-order chi connectivity index (χ1) is 6.70. The van der Waals surface area contributed by atoms with Gasteiger partial charge in [0.15, 0.2) is 0 Å². The summed E-state index contributed by atoms with van der Waals surface area (Å²) < 4.78 is 0. The molecule has 1 amide bonds. The molecule has 0 aromatic heterocycles. The van der Waals surface area contributed by atoms with Gasteiger partial charge in [0.2, 0.25) is 5.91 Å². The van der Waals surface area contributed by atoms with E-state index in [0.717, 1.165) is 26.2 Å². The predicted octanol–water partition coefficient (Wildman–Crippen LogP) is 1.83. The molecule has 0 radical (unpaired) electrons. The molecular formula is C11H26N2O. The van der Waals surface area contributed by atoms with E-state index in [-0.39, 0.29) is 5.91 Å². The van der Waals surface area contributed by atoms with Crippen molar-refractivity contribution in [3.63, 3.8) is 0 Å². The summed E-state index contributed by atoms with van der Waals surface area (Å²) in [7, 11) is 2.08. The van der Waals surface area contributed by atoms with E-state index in [1.54, 1.807) is 6.92 Å². The van der Waals surface area contributed by atoms with Crippen LogP contribution in [-0.4, -0.2) is 48.9 Å². The highest BCUT2D eigenvalue weighted by Gasteiger charge is 2.14. The van der Waals surface area contributed by atoms with Gasteiger partial charge >= 0.3 is 0 Å². The summed E-state index contributed by atoms with van der Waals surface area (Å²) in [6.45, 7) is 13.4. The minimum atomic E-state index is 0.202. The third-order valence-corrected chi connectivity index (χ3v) is 1.95. The van der Waals surface area contributed by atoms with Crippen LogP contribution in [0.3, 0.4) is 0 Å². The molecule has 0 aliphatic carbocycles. The van der Waals surface area contributed by atoms with Crippen LogP contribution in [0.4, 0.5) is 0 Å². The minimum absolute atomic E-state index is 0.202. The van der Waals surface area contributed by atoms with Gasteiger partial charge in [-0.15, -0.1) is 0 Å². The summed E-state index contributed by atoms with van der Waals surface area (Å²) in [4.78, 5) is 14.9. The highest BCUT2D eigenvalue weighted by atomic mass is 16.2. The van der Waals surface area contributed by atoms with Crippen LogP contribution < -0.4 is 0 Å². The van der Waals surface area contributed by atoms with Gasteiger partial charge in [0, 0.05) is 33.1 Å². The first-order valence-electron chi connectivity index (χ1n) is 5.64. The molecule has 1 fully saturated rings. The molecule has 0 spiro atoms. The van der Waals surface area contributed by atoms with E-state index in [4.69, 9.17) is 0 Å². The average molecular weight is 202 g/mol. The van der Waals surface area contributed by atoms with Crippen LogP contribution in [0.15, 0.2) is 0 Å². The zero-order valence-corrected chi connectivity index (χ0v) is 10.6. The zero-order valence-electron chi connectivity index (χ0n) is 10.6. The fourth-order valence-corrected chi connectivity index (χ4v) is 1.12. The highest BCUT2D eigenvalue weighted by Crippen LogP contribution is 1.98. The van der Waals surface area contributed by atoms with Crippen molar-refractivity contribution in [3.05, 3.63) is 0 Å². The molecule has 1 heterocycles. The molecule has 3 nitrogen and oxygen atoms in total. The first-order valence-corrected chi connectivity index (χ1v) is 5.64. The van der Waals surface area contributed by atoms with Crippen molar-refractivity contribution < 1.29 is 4.79 Å². The molecular weight excluding hydrogens is 176 g/mol. The van der Waals surface area contributed by atoms with Crippen LogP contribution >= 0.6 is 0 Å². The van der Waals surface area contributed by atoms with Gasteiger partial charge in [-0.25, -0.2) is 0 Å². The van der Waals surface area contributed by atoms with Gasteiger partial charge in [-0.2, -0.15) is 0 Å². The van der Waals surface area contributed by atoms with Crippen molar-refractivity contribution in [1.29, 1.82) is 0 Å². The summed E-state index contributed by atoms with van der Waals surface area (Å²) in [6.07, 6.45) is 0.